The molecule has 3 rings (SSSR count). The molecule has 0 aliphatic carbocycles. The van der Waals surface area contributed by atoms with Gasteiger partial charge in [0.2, 0.25) is 5.91 Å². The smallest absolute Gasteiger partial charge is 0.228 e. The van der Waals surface area contributed by atoms with Crippen LogP contribution in [0.4, 0.5) is 5.69 Å². The standard InChI is InChI=1S/C10H12N2OS/c13-10-5-8-9(1-3-11-8)12(10)7-2-4-14-6-7/h2,4,6,8-9,11H,1,3,5H2/t8-,9-/m1/s1. The third kappa shape index (κ3) is 1.11. The summed E-state index contributed by atoms with van der Waals surface area (Å²) in [5, 5.41) is 7.46. The molecule has 1 aromatic rings. The fourth-order valence-corrected chi connectivity index (χ4v) is 3.10. The number of hydrogen-bond donors (Lipinski definition) is 1. The molecule has 3 nitrogen and oxygen atoms in total. The highest BCUT2D eigenvalue weighted by Crippen LogP contribution is 2.32. The van der Waals surface area contributed by atoms with E-state index in [-0.39, 0.29) is 5.91 Å². The molecule has 1 aromatic heterocycles. The van der Waals surface area contributed by atoms with Crippen molar-refractivity contribution in [3.05, 3.63) is 16.8 Å². The number of rotatable bonds is 1. The lowest BCUT2D eigenvalue weighted by Gasteiger charge is -2.21. The molecule has 0 radical (unpaired) electrons. The normalized spacial score (nSPS) is 31.1. The van der Waals surface area contributed by atoms with Gasteiger partial charge in [-0.2, -0.15) is 11.3 Å². The number of amides is 1. The van der Waals surface area contributed by atoms with E-state index >= 15 is 0 Å². The summed E-state index contributed by atoms with van der Waals surface area (Å²) in [6.07, 6.45) is 1.76. The van der Waals surface area contributed by atoms with Gasteiger partial charge in [-0.3, -0.25) is 4.79 Å². The first-order valence-corrected chi connectivity index (χ1v) is 5.88. The lowest BCUT2D eigenvalue weighted by Crippen LogP contribution is -2.35. The van der Waals surface area contributed by atoms with Crippen molar-refractivity contribution in [2.75, 3.05) is 11.4 Å². The molecule has 3 heterocycles. The number of carbonyl (C=O) groups is 1. The molecule has 0 unspecified atom stereocenters. The van der Waals surface area contributed by atoms with Crippen LogP contribution in [0.3, 0.4) is 0 Å². The van der Waals surface area contributed by atoms with Crippen LogP contribution >= 0.6 is 11.3 Å². The molecule has 0 bridgehead atoms. The molecule has 4 heteroatoms. The zero-order valence-electron chi connectivity index (χ0n) is 7.77. The van der Waals surface area contributed by atoms with Crippen LogP contribution in [-0.2, 0) is 4.79 Å². The van der Waals surface area contributed by atoms with Crippen LogP contribution in [0.25, 0.3) is 0 Å². The first-order valence-electron chi connectivity index (χ1n) is 4.94. The largest absolute Gasteiger partial charge is 0.311 e. The van der Waals surface area contributed by atoms with Crippen molar-refractivity contribution in [1.29, 1.82) is 0 Å². The van der Waals surface area contributed by atoms with Crippen molar-refractivity contribution in [2.45, 2.75) is 24.9 Å². The molecule has 0 saturated carbocycles. The average Bonchev–Trinajstić information content (AvgIpc) is 2.78. The predicted octanol–water partition coefficient (Wildman–Crippen LogP) is 1.22. The van der Waals surface area contributed by atoms with Gasteiger partial charge in [0.15, 0.2) is 0 Å². The summed E-state index contributed by atoms with van der Waals surface area (Å²) in [7, 11) is 0. The Bertz CT molecular complexity index is 349. The van der Waals surface area contributed by atoms with E-state index in [4.69, 9.17) is 0 Å². The first kappa shape index (κ1) is 8.44. The Kier molecular flexibility index (Phi) is 1.85. The topological polar surface area (TPSA) is 32.3 Å². The molecule has 74 valence electrons. The maximum Gasteiger partial charge on any atom is 0.228 e. The average molecular weight is 208 g/mol. The molecule has 2 fully saturated rings. The first-order chi connectivity index (χ1) is 6.86. The predicted molar refractivity (Wildman–Crippen MR) is 56.6 cm³/mol. The summed E-state index contributed by atoms with van der Waals surface area (Å²) in [6.45, 7) is 1.04. The molecule has 2 aliphatic rings. The number of hydrogen-bond acceptors (Lipinski definition) is 3. The van der Waals surface area contributed by atoms with Crippen LogP contribution in [0.1, 0.15) is 12.8 Å². The van der Waals surface area contributed by atoms with Crippen molar-refractivity contribution in [1.82, 2.24) is 5.32 Å². The highest BCUT2D eigenvalue weighted by atomic mass is 32.1. The molecule has 2 atom stereocenters. The number of nitrogens with one attached hydrogen (secondary N) is 1. The second-order valence-corrected chi connectivity index (χ2v) is 4.65. The lowest BCUT2D eigenvalue weighted by molar-refractivity contribution is -0.117. The molecule has 0 spiro atoms. The number of anilines is 1. The van der Waals surface area contributed by atoms with Crippen LogP contribution in [0.2, 0.25) is 0 Å². The monoisotopic (exact) mass is 208 g/mol. The van der Waals surface area contributed by atoms with E-state index in [0.29, 0.717) is 18.5 Å². The highest BCUT2D eigenvalue weighted by Gasteiger charge is 2.43. The van der Waals surface area contributed by atoms with Gasteiger partial charge in [-0.1, -0.05) is 0 Å². The van der Waals surface area contributed by atoms with Gasteiger partial charge in [-0.15, -0.1) is 0 Å². The van der Waals surface area contributed by atoms with Crippen molar-refractivity contribution in [3.63, 3.8) is 0 Å². The third-order valence-electron chi connectivity index (χ3n) is 3.09. The maximum absolute atomic E-state index is 11.8. The van der Waals surface area contributed by atoms with Gasteiger partial charge in [-0.25, -0.2) is 0 Å². The van der Waals surface area contributed by atoms with Crippen LogP contribution < -0.4 is 10.2 Å². The Morgan fingerprint density at radius 3 is 3.29 bits per heavy atom. The Morgan fingerprint density at radius 2 is 2.50 bits per heavy atom. The minimum Gasteiger partial charge on any atom is -0.311 e. The Morgan fingerprint density at radius 1 is 1.57 bits per heavy atom. The minimum absolute atomic E-state index is 0.269. The molecular formula is C10H12N2OS. The van der Waals surface area contributed by atoms with Gasteiger partial charge >= 0.3 is 0 Å². The second-order valence-electron chi connectivity index (χ2n) is 3.87. The summed E-state index contributed by atoms with van der Waals surface area (Å²) in [4.78, 5) is 13.8. The van der Waals surface area contributed by atoms with Crippen LogP contribution in [0, 0.1) is 0 Å². The van der Waals surface area contributed by atoms with Crippen LogP contribution in [0.15, 0.2) is 16.8 Å². The lowest BCUT2D eigenvalue weighted by atomic mass is 10.1. The number of fused-ring (bicyclic) bond motifs is 1. The Balaban J connectivity index is 1.94. The number of nitrogens with zero attached hydrogens (tertiary/aromatic N) is 1. The summed E-state index contributed by atoms with van der Waals surface area (Å²) in [5.74, 6) is 0.269. The molecular weight excluding hydrogens is 196 g/mol. The third-order valence-corrected chi connectivity index (χ3v) is 3.76. The van der Waals surface area contributed by atoms with E-state index in [0.717, 1.165) is 18.7 Å². The highest BCUT2D eigenvalue weighted by molar-refractivity contribution is 7.08. The molecule has 2 saturated heterocycles. The van der Waals surface area contributed by atoms with Crippen molar-refractivity contribution in [3.8, 4) is 0 Å². The van der Waals surface area contributed by atoms with E-state index in [2.05, 4.69) is 10.7 Å². The van der Waals surface area contributed by atoms with Crippen molar-refractivity contribution in [2.24, 2.45) is 0 Å². The van der Waals surface area contributed by atoms with E-state index in [9.17, 15) is 4.79 Å². The molecule has 14 heavy (non-hydrogen) atoms. The zero-order valence-corrected chi connectivity index (χ0v) is 8.59. The summed E-state index contributed by atoms with van der Waals surface area (Å²) in [6, 6.07) is 2.82. The molecule has 1 amide bonds. The van der Waals surface area contributed by atoms with E-state index in [1.165, 1.54) is 0 Å². The summed E-state index contributed by atoms with van der Waals surface area (Å²) in [5.41, 5.74) is 1.08. The van der Waals surface area contributed by atoms with Crippen molar-refractivity contribution >= 4 is 22.9 Å². The van der Waals surface area contributed by atoms with E-state index < -0.39 is 0 Å². The van der Waals surface area contributed by atoms with Crippen LogP contribution in [0.5, 0.6) is 0 Å². The van der Waals surface area contributed by atoms with Gasteiger partial charge in [0.1, 0.15) is 0 Å². The fraction of sp³-hybridized carbons (Fsp3) is 0.500. The number of carbonyl (C=O) groups excluding carboxylic acids is 1. The van der Waals surface area contributed by atoms with Gasteiger partial charge < -0.3 is 10.2 Å². The summed E-state index contributed by atoms with van der Waals surface area (Å²) < 4.78 is 0. The second kappa shape index (κ2) is 3.07. The van der Waals surface area contributed by atoms with Gasteiger partial charge in [0.05, 0.1) is 11.7 Å². The summed E-state index contributed by atoms with van der Waals surface area (Å²) >= 11 is 1.65. The van der Waals surface area contributed by atoms with Crippen molar-refractivity contribution < 1.29 is 4.79 Å². The minimum atomic E-state index is 0.269. The maximum atomic E-state index is 11.8. The van der Waals surface area contributed by atoms with Crippen LogP contribution in [-0.4, -0.2) is 24.5 Å². The number of thiophene rings is 1. The van der Waals surface area contributed by atoms with Gasteiger partial charge in [-0.05, 0) is 24.4 Å². The molecule has 1 N–H and O–H groups in total. The molecule has 2 aliphatic heterocycles. The quantitative estimate of drug-likeness (QED) is 0.752. The van der Waals surface area contributed by atoms with E-state index in [1.807, 2.05) is 16.3 Å². The van der Waals surface area contributed by atoms with E-state index in [1.54, 1.807) is 11.3 Å². The zero-order chi connectivity index (χ0) is 9.54. The Hall–Kier alpha value is -0.870. The van der Waals surface area contributed by atoms with Gasteiger partial charge in [0.25, 0.3) is 0 Å². The fourth-order valence-electron chi connectivity index (χ4n) is 2.47. The molecule has 0 aromatic carbocycles. The SMILES string of the molecule is O=C1C[C@H]2NCC[C@H]2N1c1ccsc1. The van der Waals surface area contributed by atoms with Gasteiger partial charge in [0, 0.05) is 17.8 Å². The Labute approximate surface area is 86.7 Å².